The number of azo groups is 2. The molecule has 0 unspecified atom stereocenters. The standard InChI is InChI=1S/C27H27N5O9S3/c1-3-42(35,36)18-7-5-6-17(14-18)29-32-26-20-9-12-23(27(34)21(20)10-11-22(26)28-16-44(39,40)41)30-31-24-15-19(8-13-25(24)33)43(37,38)4-2/h5-15,28,33-34H,3-4,16H2,1-2H3,(H,39,40,41)/b31-30+,32-29+. The molecule has 44 heavy (non-hydrogen) atoms. The summed E-state index contributed by atoms with van der Waals surface area (Å²) in [6.07, 6.45) is 0. The van der Waals surface area contributed by atoms with Crippen molar-refractivity contribution in [3.8, 4) is 11.5 Å². The fourth-order valence-electron chi connectivity index (χ4n) is 3.93. The molecule has 4 aromatic carbocycles. The summed E-state index contributed by atoms with van der Waals surface area (Å²) >= 11 is 0. The lowest BCUT2D eigenvalue weighted by Gasteiger charge is -2.12. The second-order valence-corrected chi connectivity index (χ2v) is 15.3. The van der Waals surface area contributed by atoms with Gasteiger partial charge in [-0.05, 0) is 60.7 Å². The van der Waals surface area contributed by atoms with E-state index in [4.69, 9.17) is 0 Å². The van der Waals surface area contributed by atoms with Crippen LogP contribution in [-0.4, -0.2) is 57.4 Å². The van der Waals surface area contributed by atoms with Gasteiger partial charge in [-0.25, -0.2) is 16.8 Å². The average Bonchev–Trinajstić information content (AvgIpc) is 2.99. The Balaban J connectivity index is 1.80. The van der Waals surface area contributed by atoms with Gasteiger partial charge in [-0.15, -0.1) is 15.3 Å². The Hall–Kier alpha value is -4.45. The van der Waals surface area contributed by atoms with Crippen LogP contribution in [0.5, 0.6) is 11.5 Å². The fraction of sp³-hybridized carbons (Fsp3) is 0.185. The highest BCUT2D eigenvalue weighted by molar-refractivity contribution is 7.91. The van der Waals surface area contributed by atoms with Gasteiger partial charge in [0.2, 0.25) is 0 Å². The van der Waals surface area contributed by atoms with Crippen molar-refractivity contribution in [3.05, 3.63) is 66.7 Å². The van der Waals surface area contributed by atoms with Gasteiger partial charge in [0, 0.05) is 10.8 Å². The lowest BCUT2D eigenvalue weighted by Crippen LogP contribution is -2.13. The Bertz CT molecular complexity index is 2130. The van der Waals surface area contributed by atoms with E-state index in [1.54, 1.807) is 0 Å². The number of phenols is 2. The number of nitrogens with one attached hydrogen (secondary N) is 1. The second-order valence-electron chi connectivity index (χ2n) is 9.25. The largest absolute Gasteiger partial charge is 0.506 e. The van der Waals surface area contributed by atoms with Crippen molar-refractivity contribution < 1.29 is 40.0 Å². The molecule has 232 valence electrons. The molecule has 0 aliphatic heterocycles. The van der Waals surface area contributed by atoms with Crippen molar-refractivity contribution in [1.29, 1.82) is 0 Å². The van der Waals surface area contributed by atoms with E-state index in [2.05, 4.69) is 25.8 Å². The zero-order valence-electron chi connectivity index (χ0n) is 23.3. The van der Waals surface area contributed by atoms with E-state index in [0.717, 1.165) is 6.07 Å². The lowest BCUT2D eigenvalue weighted by atomic mass is 10.1. The zero-order chi connectivity index (χ0) is 32.3. The number of sulfone groups is 2. The Morgan fingerprint density at radius 1 is 0.682 bits per heavy atom. The highest BCUT2D eigenvalue weighted by atomic mass is 32.2. The van der Waals surface area contributed by atoms with Gasteiger partial charge in [0.15, 0.2) is 25.4 Å². The van der Waals surface area contributed by atoms with E-state index < -0.39 is 35.7 Å². The number of benzene rings is 4. The Morgan fingerprint density at radius 2 is 1.32 bits per heavy atom. The van der Waals surface area contributed by atoms with Crippen molar-refractivity contribution >= 4 is 69.0 Å². The minimum absolute atomic E-state index is 0.0376. The first-order valence-corrected chi connectivity index (χ1v) is 17.8. The first-order valence-electron chi connectivity index (χ1n) is 12.8. The summed E-state index contributed by atoms with van der Waals surface area (Å²) in [4.78, 5) is -0.0251. The third-order valence-corrected chi connectivity index (χ3v) is 10.3. The number of fused-ring (bicyclic) bond motifs is 1. The molecular weight excluding hydrogens is 635 g/mol. The third-order valence-electron chi connectivity index (χ3n) is 6.34. The van der Waals surface area contributed by atoms with Crippen LogP contribution >= 0.6 is 0 Å². The van der Waals surface area contributed by atoms with Crippen molar-refractivity contribution in [2.45, 2.75) is 23.6 Å². The normalized spacial score (nSPS) is 12.8. The Morgan fingerprint density at radius 3 is 1.98 bits per heavy atom. The van der Waals surface area contributed by atoms with Gasteiger partial charge in [-0.3, -0.25) is 4.55 Å². The number of nitrogens with zero attached hydrogens (tertiary/aromatic N) is 4. The number of hydrogen-bond acceptors (Lipinski definition) is 13. The number of phenolic OH excluding ortho intramolecular Hbond substituents is 2. The van der Waals surface area contributed by atoms with E-state index in [9.17, 15) is 40.0 Å². The average molecular weight is 662 g/mol. The Kier molecular flexibility index (Phi) is 9.33. The van der Waals surface area contributed by atoms with Crippen LogP contribution in [0.1, 0.15) is 13.8 Å². The minimum Gasteiger partial charge on any atom is -0.506 e. The summed E-state index contributed by atoms with van der Waals surface area (Å²) < 4.78 is 81.1. The zero-order valence-corrected chi connectivity index (χ0v) is 25.7. The van der Waals surface area contributed by atoms with E-state index in [1.165, 1.54) is 74.5 Å². The molecule has 0 aliphatic rings. The van der Waals surface area contributed by atoms with E-state index in [-0.39, 0.29) is 72.0 Å². The molecule has 17 heteroatoms. The molecule has 0 bridgehead atoms. The number of anilines is 1. The maximum Gasteiger partial charge on any atom is 0.283 e. The molecule has 0 atom stereocenters. The van der Waals surface area contributed by atoms with Gasteiger partial charge in [0.25, 0.3) is 10.1 Å². The minimum atomic E-state index is -4.44. The molecule has 0 heterocycles. The van der Waals surface area contributed by atoms with E-state index in [0.29, 0.717) is 0 Å². The van der Waals surface area contributed by atoms with Crippen molar-refractivity contribution in [2.75, 3.05) is 22.7 Å². The molecule has 0 saturated heterocycles. The summed E-state index contributed by atoms with van der Waals surface area (Å²) in [5.41, 5.74) is 0.136. The SMILES string of the molecule is CCS(=O)(=O)c1cccc(/N=N/c2c(NCS(=O)(=O)O)ccc3c(O)c(/N=N/c4cc(S(=O)(=O)CC)ccc4O)ccc23)c1. The predicted octanol–water partition coefficient (Wildman–Crippen LogP) is 5.93. The van der Waals surface area contributed by atoms with Crippen LogP contribution in [-0.2, 0) is 29.8 Å². The summed E-state index contributed by atoms with van der Waals surface area (Å²) in [5, 5.41) is 40.4. The van der Waals surface area contributed by atoms with E-state index >= 15 is 0 Å². The van der Waals surface area contributed by atoms with Gasteiger partial charge in [-0.1, -0.05) is 19.9 Å². The molecule has 4 rings (SSSR count). The number of rotatable bonds is 11. The first-order chi connectivity index (χ1) is 20.6. The lowest BCUT2D eigenvalue weighted by molar-refractivity contribution is 0.475. The van der Waals surface area contributed by atoms with Gasteiger partial charge >= 0.3 is 0 Å². The molecular formula is C27H27N5O9S3. The number of hydrogen-bond donors (Lipinski definition) is 4. The van der Waals surface area contributed by atoms with Gasteiger partial charge in [0.1, 0.15) is 28.7 Å². The molecule has 4 N–H and O–H groups in total. The van der Waals surface area contributed by atoms with Crippen LogP contribution in [0.2, 0.25) is 0 Å². The highest BCUT2D eigenvalue weighted by Crippen LogP contribution is 2.43. The smallest absolute Gasteiger partial charge is 0.283 e. The third kappa shape index (κ3) is 7.36. The monoisotopic (exact) mass is 661 g/mol. The summed E-state index contributed by atoms with van der Waals surface area (Å²) in [6.45, 7) is 2.98. The van der Waals surface area contributed by atoms with Gasteiger partial charge in [0.05, 0.1) is 32.7 Å². The van der Waals surface area contributed by atoms with Gasteiger partial charge in [-0.2, -0.15) is 13.5 Å². The quantitative estimate of drug-likeness (QED) is 0.109. The topological polar surface area (TPSA) is 225 Å². The van der Waals surface area contributed by atoms with Gasteiger partial charge < -0.3 is 15.5 Å². The highest BCUT2D eigenvalue weighted by Gasteiger charge is 2.17. The van der Waals surface area contributed by atoms with Crippen LogP contribution in [0.15, 0.2) is 97.0 Å². The van der Waals surface area contributed by atoms with Crippen LogP contribution < -0.4 is 5.32 Å². The predicted molar refractivity (Wildman–Crippen MR) is 164 cm³/mol. The molecule has 0 saturated carbocycles. The molecule has 0 amide bonds. The molecule has 0 radical (unpaired) electrons. The summed E-state index contributed by atoms with van der Waals surface area (Å²) in [6, 6.07) is 14.9. The molecule has 14 nitrogen and oxygen atoms in total. The van der Waals surface area contributed by atoms with Crippen molar-refractivity contribution in [1.82, 2.24) is 0 Å². The number of aromatic hydroxyl groups is 2. The molecule has 0 spiro atoms. The molecule has 0 aliphatic carbocycles. The molecule has 4 aromatic rings. The van der Waals surface area contributed by atoms with E-state index in [1.807, 2.05) is 0 Å². The van der Waals surface area contributed by atoms with Crippen molar-refractivity contribution in [3.63, 3.8) is 0 Å². The van der Waals surface area contributed by atoms with Crippen LogP contribution in [0.4, 0.5) is 28.4 Å². The van der Waals surface area contributed by atoms with Crippen LogP contribution in [0, 0.1) is 0 Å². The van der Waals surface area contributed by atoms with Crippen LogP contribution in [0.3, 0.4) is 0 Å². The maximum atomic E-state index is 12.3. The molecule has 0 fully saturated rings. The van der Waals surface area contributed by atoms with Crippen molar-refractivity contribution in [2.24, 2.45) is 20.5 Å². The summed E-state index contributed by atoms with van der Waals surface area (Å²) in [5.74, 6) is -1.86. The first kappa shape index (κ1) is 32.5. The molecule has 0 aromatic heterocycles. The van der Waals surface area contributed by atoms with Crippen LogP contribution in [0.25, 0.3) is 10.8 Å². The Labute approximate surface area is 253 Å². The second kappa shape index (κ2) is 12.7. The maximum absolute atomic E-state index is 12.3. The fourth-order valence-corrected chi connectivity index (χ4v) is 6.08. The summed E-state index contributed by atoms with van der Waals surface area (Å²) in [7, 11) is -11.6.